The van der Waals surface area contributed by atoms with E-state index in [0.29, 0.717) is 11.6 Å². The number of aromatic nitrogens is 1. The van der Waals surface area contributed by atoms with Crippen LogP contribution in [0.15, 0.2) is 18.3 Å². The summed E-state index contributed by atoms with van der Waals surface area (Å²) in [5, 5.41) is 0. The predicted molar refractivity (Wildman–Crippen MR) is 55.5 cm³/mol. The molecule has 1 saturated heterocycles. The van der Waals surface area contributed by atoms with E-state index in [1.165, 1.54) is 6.20 Å². The third-order valence-corrected chi connectivity index (χ3v) is 2.33. The summed E-state index contributed by atoms with van der Waals surface area (Å²) in [6, 6.07) is 3.24. The molecule has 0 atom stereocenters. The number of ether oxygens (including phenoxy) is 1. The average molecular weight is 207 g/mol. The molecule has 0 radical (unpaired) electrons. The molecule has 1 aliphatic rings. The molecule has 1 fully saturated rings. The fraction of sp³-hybridized carbons (Fsp3) is 0.400. The molecule has 1 aromatic rings. The van der Waals surface area contributed by atoms with E-state index >= 15 is 0 Å². The fourth-order valence-corrected chi connectivity index (χ4v) is 1.52. The van der Waals surface area contributed by atoms with Crippen molar-refractivity contribution in [2.75, 3.05) is 18.8 Å². The van der Waals surface area contributed by atoms with Crippen molar-refractivity contribution in [3.63, 3.8) is 0 Å². The minimum absolute atomic E-state index is 0.306. The Morgan fingerprint density at radius 1 is 1.40 bits per heavy atom. The van der Waals surface area contributed by atoms with E-state index in [-0.39, 0.29) is 6.09 Å². The molecule has 15 heavy (non-hydrogen) atoms. The van der Waals surface area contributed by atoms with Crippen molar-refractivity contribution >= 4 is 11.9 Å². The van der Waals surface area contributed by atoms with Gasteiger partial charge in [0.25, 0.3) is 0 Å². The topological polar surface area (TPSA) is 68.5 Å². The predicted octanol–water partition coefficient (Wildman–Crippen LogP) is 1.26. The summed E-state index contributed by atoms with van der Waals surface area (Å²) >= 11 is 0. The van der Waals surface area contributed by atoms with Gasteiger partial charge in [-0.05, 0) is 25.0 Å². The maximum atomic E-state index is 11.5. The molecule has 2 N–H and O–H groups in total. The highest BCUT2D eigenvalue weighted by Gasteiger charge is 2.19. The van der Waals surface area contributed by atoms with Gasteiger partial charge < -0.3 is 15.4 Å². The van der Waals surface area contributed by atoms with E-state index in [1.807, 2.05) is 0 Å². The number of pyridine rings is 1. The number of hydrogen-bond donors (Lipinski definition) is 1. The number of amides is 1. The number of carbonyl (C=O) groups is 1. The molecular weight excluding hydrogens is 194 g/mol. The van der Waals surface area contributed by atoms with Crippen LogP contribution in [0, 0.1) is 0 Å². The Hall–Kier alpha value is -1.78. The van der Waals surface area contributed by atoms with E-state index in [2.05, 4.69) is 4.98 Å². The number of likely N-dealkylation sites (tertiary alicyclic amines) is 1. The Bertz CT molecular complexity index is 344. The molecule has 2 rings (SSSR count). The second-order valence-corrected chi connectivity index (χ2v) is 3.48. The molecule has 0 spiro atoms. The molecule has 1 amide bonds. The number of rotatable bonds is 1. The number of anilines is 1. The Kier molecular flexibility index (Phi) is 2.71. The van der Waals surface area contributed by atoms with Crippen molar-refractivity contribution < 1.29 is 9.53 Å². The van der Waals surface area contributed by atoms with Gasteiger partial charge in [-0.25, -0.2) is 9.78 Å². The van der Waals surface area contributed by atoms with E-state index in [0.717, 1.165) is 25.9 Å². The zero-order chi connectivity index (χ0) is 10.7. The van der Waals surface area contributed by atoms with E-state index in [4.69, 9.17) is 10.5 Å². The van der Waals surface area contributed by atoms with Crippen LogP contribution in [0.5, 0.6) is 5.75 Å². The summed E-state index contributed by atoms with van der Waals surface area (Å²) in [6.45, 7) is 1.56. The third-order valence-electron chi connectivity index (χ3n) is 2.33. The van der Waals surface area contributed by atoms with Crippen LogP contribution in [0.1, 0.15) is 12.8 Å². The van der Waals surface area contributed by atoms with Crippen molar-refractivity contribution in [2.45, 2.75) is 12.8 Å². The summed E-state index contributed by atoms with van der Waals surface area (Å²) in [5.41, 5.74) is 5.42. The van der Waals surface area contributed by atoms with Gasteiger partial charge in [0.15, 0.2) is 5.75 Å². The summed E-state index contributed by atoms with van der Waals surface area (Å²) in [4.78, 5) is 17.1. The van der Waals surface area contributed by atoms with Gasteiger partial charge in [0.05, 0.1) is 6.20 Å². The monoisotopic (exact) mass is 207 g/mol. The van der Waals surface area contributed by atoms with Crippen LogP contribution in [0.4, 0.5) is 10.6 Å². The number of nitrogens with two attached hydrogens (primary N) is 1. The lowest BCUT2D eigenvalue weighted by atomic mass is 10.4. The van der Waals surface area contributed by atoms with Crippen molar-refractivity contribution in [1.29, 1.82) is 0 Å². The zero-order valence-corrected chi connectivity index (χ0v) is 8.35. The molecular formula is C10H13N3O2. The fourth-order valence-electron chi connectivity index (χ4n) is 1.52. The Morgan fingerprint density at radius 3 is 2.73 bits per heavy atom. The number of nitrogens with zero attached hydrogens (tertiary/aromatic N) is 2. The second kappa shape index (κ2) is 4.16. The summed E-state index contributed by atoms with van der Waals surface area (Å²) in [6.07, 6.45) is 3.24. The van der Waals surface area contributed by atoms with Gasteiger partial charge in [0.2, 0.25) is 0 Å². The molecule has 0 bridgehead atoms. The molecule has 0 saturated carbocycles. The Morgan fingerprint density at radius 2 is 2.13 bits per heavy atom. The first-order chi connectivity index (χ1) is 7.25. The minimum Gasteiger partial charge on any atom is -0.409 e. The molecule has 0 unspecified atom stereocenters. The minimum atomic E-state index is -0.306. The van der Waals surface area contributed by atoms with Gasteiger partial charge in [0.1, 0.15) is 5.82 Å². The van der Waals surface area contributed by atoms with Crippen LogP contribution < -0.4 is 10.5 Å². The third kappa shape index (κ3) is 2.37. The Labute approximate surface area is 87.8 Å². The van der Waals surface area contributed by atoms with Crippen molar-refractivity contribution in [2.24, 2.45) is 0 Å². The van der Waals surface area contributed by atoms with Gasteiger partial charge in [0, 0.05) is 13.1 Å². The van der Waals surface area contributed by atoms with E-state index in [1.54, 1.807) is 17.0 Å². The van der Waals surface area contributed by atoms with Crippen LogP contribution in [0.2, 0.25) is 0 Å². The highest BCUT2D eigenvalue weighted by atomic mass is 16.6. The van der Waals surface area contributed by atoms with Crippen molar-refractivity contribution in [3.8, 4) is 5.75 Å². The van der Waals surface area contributed by atoms with Crippen LogP contribution in [-0.4, -0.2) is 29.1 Å². The quantitative estimate of drug-likeness (QED) is 0.752. The maximum absolute atomic E-state index is 11.5. The standard InChI is InChI=1S/C10H13N3O2/c11-9-4-3-8(7-12-9)15-10(14)13-5-1-2-6-13/h3-4,7H,1-2,5-6H2,(H2,11,12). The lowest BCUT2D eigenvalue weighted by Crippen LogP contribution is -2.30. The molecule has 1 aromatic heterocycles. The second-order valence-electron chi connectivity index (χ2n) is 3.48. The number of carbonyl (C=O) groups excluding carboxylic acids is 1. The number of hydrogen-bond acceptors (Lipinski definition) is 4. The molecule has 0 aromatic carbocycles. The SMILES string of the molecule is Nc1ccc(OC(=O)N2CCCC2)cn1. The van der Waals surface area contributed by atoms with Gasteiger partial charge in [-0.3, -0.25) is 0 Å². The van der Waals surface area contributed by atoms with Crippen molar-refractivity contribution in [3.05, 3.63) is 18.3 Å². The van der Waals surface area contributed by atoms with Crippen LogP contribution in [0.25, 0.3) is 0 Å². The first-order valence-electron chi connectivity index (χ1n) is 4.94. The van der Waals surface area contributed by atoms with Gasteiger partial charge >= 0.3 is 6.09 Å². The highest BCUT2D eigenvalue weighted by Crippen LogP contribution is 2.14. The van der Waals surface area contributed by atoms with Gasteiger partial charge in [-0.1, -0.05) is 0 Å². The lowest BCUT2D eigenvalue weighted by molar-refractivity contribution is 0.162. The molecule has 80 valence electrons. The normalized spacial score (nSPS) is 15.3. The van der Waals surface area contributed by atoms with Crippen LogP contribution in [0.3, 0.4) is 0 Å². The number of nitrogen functional groups attached to an aromatic ring is 1. The molecule has 5 nitrogen and oxygen atoms in total. The van der Waals surface area contributed by atoms with Crippen LogP contribution in [-0.2, 0) is 0 Å². The molecule has 1 aliphatic heterocycles. The largest absolute Gasteiger partial charge is 0.415 e. The van der Waals surface area contributed by atoms with Crippen LogP contribution >= 0.6 is 0 Å². The average Bonchev–Trinajstić information content (AvgIpc) is 2.74. The lowest BCUT2D eigenvalue weighted by Gasteiger charge is -2.14. The van der Waals surface area contributed by atoms with E-state index in [9.17, 15) is 4.79 Å². The zero-order valence-electron chi connectivity index (χ0n) is 8.35. The summed E-state index contributed by atoms with van der Waals surface area (Å²) < 4.78 is 5.12. The molecule has 5 heteroatoms. The smallest absolute Gasteiger partial charge is 0.409 e. The summed E-state index contributed by atoms with van der Waals surface area (Å²) in [7, 11) is 0. The van der Waals surface area contributed by atoms with Gasteiger partial charge in [-0.15, -0.1) is 0 Å². The highest BCUT2D eigenvalue weighted by molar-refractivity contribution is 5.70. The first-order valence-corrected chi connectivity index (χ1v) is 4.94. The van der Waals surface area contributed by atoms with E-state index < -0.39 is 0 Å². The first kappa shape index (κ1) is 9.76. The molecule has 0 aliphatic carbocycles. The van der Waals surface area contributed by atoms with Crippen molar-refractivity contribution in [1.82, 2.24) is 9.88 Å². The summed E-state index contributed by atoms with van der Waals surface area (Å²) in [5.74, 6) is 0.845. The molecule has 2 heterocycles. The Balaban J connectivity index is 1.96. The maximum Gasteiger partial charge on any atom is 0.415 e. The van der Waals surface area contributed by atoms with Gasteiger partial charge in [-0.2, -0.15) is 0 Å².